The lowest BCUT2D eigenvalue weighted by Crippen LogP contribution is -2.41. The number of hydrogen-bond donors (Lipinski definition) is 2. The van der Waals surface area contributed by atoms with E-state index in [1.807, 2.05) is 6.92 Å². The smallest absolute Gasteiger partial charge is 0.326 e. The third-order valence-electron chi connectivity index (χ3n) is 3.86. The Balaban J connectivity index is 1.80. The van der Waals surface area contributed by atoms with Crippen LogP contribution in [0.3, 0.4) is 0 Å². The zero-order chi connectivity index (χ0) is 11.8. The van der Waals surface area contributed by atoms with Crippen LogP contribution in [0.1, 0.15) is 45.4 Å². The number of carboxylic acids is 1. The Morgan fingerprint density at radius 2 is 2.19 bits per heavy atom. The molecular weight excluding hydrogens is 206 g/mol. The Bertz CT molecular complexity index is 309. The second-order valence-corrected chi connectivity index (χ2v) is 5.16. The van der Waals surface area contributed by atoms with Gasteiger partial charge in [-0.15, -0.1) is 0 Å². The summed E-state index contributed by atoms with van der Waals surface area (Å²) in [5.74, 6) is -0.843. The average Bonchev–Trinajstić information content (AvgIpc) is 3.14. The highest BCUT2D eigenvalue weighted by atomic mass is 16.4. The van der Waals surface area contributed by atoms with Gasteiger partial charge in [-0.2, -0.15) is 0 Å². The van der Waals surface area contributed by atoms with Crippen LogP contribution >= 0.6 is 0 Å². The van der Waals surface area contributed by atoms with Crippen LogP contribution in [0.25, 0.3) is 0 Å². The molecule has 0 bridgehead atoms. The van der Waals surface area contributed by atoms with Crippen molar-refractivity contribution in [1.29, 1.82) is 0 Å². The van der Waals surface area contributed by atoms with E-state index < -0.39 is 12.0 Å². The molecule has 0 aromatic heterocycles. The average molecular weight is 225 g/mol. The highest BCUT2D eigenvalue weighted by Gasteiger charge is 2.65. The van der Waals surface area contributed by atoms with E-state index in [4.69, 9.17) is 5.11 Å². The van der Waals surface area contributed by atoms with Crippen LogP contribution in [0.15, 0.2) is 0 Å². The van der Waals surface area contributed by atoms with Crippen LogP contribution in [0.5, 0.6) is 0 Å². The van der Waals surface area contributed by atoms with E-state index in [1.165, 1.54) is 0 Å². The fraction of sp³-hybridized carbons (Fsp3) is 0.833. The molecule has 4 heteroatoms. The zero-order valence-electron chi connectivity index (χ0n) is 9.66. The zero-order valence-corrected chi connectivity index (χ0v) is 9.66. The quantitative estimate of drug-likeness (QED) is 0.720. The number of carbonyl (C=O) groups excluding carboxylic acids is 1. The third kappa shape index (κ3) is 2.20. The minimum atomic E-state index is -0.910. The van der Waals surface area contributed by atoms with E-state index in [0.29, 0.717) is 11.8 Å². The second-order valence-electron chi connectivity index (χ2n) is 5.16. The maximum Gasteiger partial charge on any atom is 0.326 e. The summed E-state index contributed by atoms with van der Waals surface area (Å²) in [6.07, 6.45) is 5.60. The van der Waals surface area contributed by atoms with Gasteiger partial charge in [-0.05, 0) is 31.1 Å². The maximum atomic E-state index is 11.8. The fourth-order valence-corrected chi connectivity index (χ4v) is 2.37. The first-order chi connectivity index (χ1) is 7.59. The van der Waals surface area contributed by atoms with Gasteiger partial charge < -0.3 is 10.4 Å². The third-order valence-corrected chi connectivity index (χ3v) is 3.86. The first kappa shape index (κ1) is 11.4. The van der Waals surface area contributed by atoms with E-state index in [-0.39, 0.29) is 11.8 Å². The monoisotopic (exact) mass is 225 g/mol. The van der Waals surface area contributed by atoms with Gasteiger partial charge in [0.05, 0.1) is 0 Å². The van der Waals surface area contributed by atoms with E-state index in [9.17, 15) is 9.59 Å². The molecule has 0 aromatic rings. The summed E-state index contributed by atoms with van der Waals surface area (Å²) in [7, 11) is 0. The van der Waals surface area contributed by atoms with Crippen molar-refractivity contribution in [2.75, 3.05) is 0 Å². The normalized spacial score (nSPS) is 26.2. The molecular formula is C12H19NO3. The van der Waals surface area contributed by atoms with Crippen molar-refractivity contribution < 1.29 is 14.7 Å². The molecule has 2 saturated carbocycles. The first-order valence-electron chi connectivity index (χ1n) is 6.12. The predicted molar refractivity (Wildman–Crippen MR) is 58.9 cm³/mol. The minimum absolute atomic E-state index is 0.0407. The topological polar surface area (TPSA) is 66.4 Å². The standard InChI is InChI=1S/C12H19NO3/c1-2-3-4-9(11(15)16)13-10(14)8-7-12(8)5-6-12/h8-9H,2-7H2,1H3,(H,13,14)(H,15,16). The molecule has 0 radical (unpaired) electrons. The summed E-state index contributed by atoms with van der Waals surface area (Å²) in [4.78, 5) is 22.7. The number of nitrogens with one attached hydrogen (secondary N) is 1. The van der Waals surface area contributed by atoms with Gasteiger partial charge in [-0.25, -0.2) is 4.79 Å². The number of unbranched alkanes of at least 4 members (excludes halogenated alkanes) is 1. The van der Waals surface area contributed by atoms with Gasteiger partial charge >= 0.3 is 5.97 Å². The molecule has 2 unspecified atom stereocenters. The van der Waals surface area contributed by atoms with Crippen molar-refractivity contribution in [3.05, 3.63) is 0 Å². The molecule has 4 nitrogen and oxygen atoms in total. The van der Waals surface area contributed by atoms with E-state index >= 15 is 0 Å². The van der Waals surface area contributed by atoms with Crippen molar-refractivity contribution in [3.8, 4) is 0 Å². The Morgan fingerprint density at radius 1 is 1.50 bits per heavy atom. The molecule has 16 heavy (non-hydrogen) atoms. The van der Waals surface area contributed by atoms with Crippen LogP contribution in [0.4, 0.5) is 0 Å². The molecule has 1 amide bonds. The van der Waals surface area contributed by atoms with Crippen LogP contribution < -0.4 is 5.32 Å². The number of carbonyl (C=O) groups is 2. The number of rotatable bonds is 6. The summed E-state index contributed by atoms with van der Waals surface area (Å²) in [6.45, 7) is 2.01. The Hall–Kier alpha value is -1.06. The molecule has 0 aliphatic heterocycles. The van der Waals surface area contributed by atoms with Gasteiger partial charge in [0.15, 0.2) is 0 Å². The number of aliphatic carboxylic acids is 1. The van der Waals surface area contributed by atoms with Crippen molar-refractivity contribution in [1.82, 2.24) is 5.32 Å². The van der Waals surface area contributed by atoms with Crippen molar-refractivity contribution in [2.45, 2.75) is 51.5 Å². The number of carboxylic acid groups (broad SMARTS) is 1. The molecule has 2 aliphatic carbocycles. The Kier molecular flexibility index (Phi) is 2.91. The first-order valence-corrected chi connectivity index (χ1v) is 6.12. The molecule has 0 saturated heterocycles. The lowest BCUT2D eigenvalue weighted by atomic mass is 10.1. The van der Waals surface area contributed by atoms with Gasteiger partial charge in [0.2, 0.25) is 5.91 Å². The van der Waals surface area contributed by atoms with Crippen LogP contribution in [0.2, 0.25) is 0 Å². The van der Waals surface area contributed by atoms with Gasteiger partial charge in [0.1, 0.15) is 6.04 Å². The van der Waals surface area contributed by atoms with Crippen molar-refractivity contribution in [2.24, 2.45) is 11.3 Å². The predicted octanol–water partition coefficient (Wildman–Crippen LogP) is 1.55. The van der Waals surface area contributed by atoms with E-state index in [2.05, 4.69) is 5.32 Å². The highest BCUT2D eigenvalue weighted by molar-refractivity contribution is 5.87. The van der Waals surface area contributed by atoms with Crippen molar-refractivity contribution >= 4 is 11.9 Å². The molecule has 2 atom stereocenters. The molecule has 90 valence electrons. The van der Waals surface area contributed by atoms with E-state index in [0.717, 1.165) is 32.1 Å². The molecule has 0 heterocycles. The van der Waals surface area contributed by atoms with Crippen LogP contribution in [0, 0.1) is 11.3 Å². The van der Waals surface area contributed by atoms with Gasteiger partial charge in [-0.3, -0.25) is 4.79 Å². The summed E-state index contributed by atoms with van der Waals surface area (Å²) in [5.41, 5.74) is 0.303. The molecule has 2 fully saturated rings. The highest BCUT2D eigenvalue weighted by Crippen LogP contribution is 2.70. The van der Waals surface area contributed by atoms with Gasteiger partial charge in [-0.1, -0.05) is 19.8 Å². The number of amides is 1. The van der Waals surface area contributed by atoms with Gasteiger partial charge in [0, 0.05) is 5.92 Å². The van der Waals surface area contributed by atoms with Gasteiger partial charge in [0.25, 0.3) is 0 Å². The molecule has 1 spiro atoms. The second kappa shape index (κ2) is 4.07. The van der Waals surface area contributed by atoms with Crippen LogP contribution in [-0.4, -0.2) is 23.0 Å². The molecule has 2 aliphatic rings. The minimum Gasteiger partial charge on any atom is -0.480 e. The SMILES string of the molecule is CCCCC(NC(=O)C1CC12CC2)C(=O)O. The number of hydrogen-bond acceptors (Lipinski definition) is 2. The molecule has 2 N–H and O–H groups in total. The van der Waals surface area contributed by atoms with E-state index in [1.54, 1.807) is 0 Å². The Morgan fingerprint density at radius 3 is 2.62 bits per heavy atom. The summed E-state index contributed by atoms with van der Waals surface area (Å²) < 4.78 is 0. The summed E-state index contributed by atoms with van der Waals surface area (Å²) >= 11 is 0. The summed E-state index contributed by atoms with van der Waals surface area (Å²) in [5, 5.41) is 11.7. The molecule has 2 rings (SSSR count). The molecule has 0 aromatic carbocycles. The lowest BCUT2D eigenvalue weighted by molar-refractivity contribution is -0.142. The van der Waals surface area contributed by atoms with Crippen LogP contribution in [-0.2, 0) is 9.59 Å². The summed E-state index contributed by atoms with van der Waals surface area (Å²) in [6, 6.07) is -0.691. The maximum absolute atomic E-state index is 11.8. The Labute approximate surface area is 95.4 Å². The van der Waals surface area contributed by atoms with Crippen molar-refractivity contribution in [3.63, 3.8) is 0 Å². The largest absolute Gasteiger partial charge is 0.480 e. The lowest BCUT2D eigenvalue weighted by Gasteiger charge is -2.13. The fourth-order valence-electron chi connectivity index (χ4n) is 2.37.